The Balaban J connectivity index is 2.35. The number of fused-ring (bicyclic) bond motifs is 1. The third-order valence-electron chi connectivity index (χ3n) is 3.02. The van der Waals surface area contributed by atoms with Gasteiger partial charge in [-0.25, -0.2) is 9.97 Å². The third kappa shape index (κ3) is 2.24. The van der Waals surface area contributed by atoms with Gasteiger partial charge in [0, 0.05) is 25.8 Å². The van der Waals surface area contributed by atoms with Crippen LogP contribution in [0.1, 0.15) is 13.8 Å². The lowest BCUT2D eigenvalue weighted by Crippen LogP contribution is -2.34. The van der Waals surface area contributed by atoms with Crippen molar-refractivity contribution in [3.63, 3.8) is 0 Å². The van der Waals surface area contributed by atoms with E-state index in [0.29, 0.717) is 12.5 Å². The molecule has 2 aromatic heterocycles. The van der Waals surface area contributed by atoms with Crippen molar-refractivity contribution < 1.29 is 0 Å². The smallest absolute Gasteiger partial charge is 0.154 e. The van der Waals surface area contributed by atoms with Gasteiger partial charge >= 0.3 is 0 Å². The van der Waals surface area contributed by atoms with Crippen LogP contribution in [0.15, 0.2) is 18.6 Å². The number of aromatic nitrogens is 3. The molecule has 1 unspecified atom stereocenters. The Morgan fingerprint density at radius 1 is 1.41 bits per heavy atom. The summed E-state index contributed by atoms with van der Waals surface area (Å²) < 4.78 is 1.98. The number of nitrogens with two attached hydrogens (primary N) is 1. The maximum Gasteiger partial charge on any atom is 0.154 e. The summed E-state index contributed by atoms with van der Waals surface area (Å²) in [7, 11) is 1.97. The average Bonchev–Trinajstić information content (AvgIpc) is 2.69. The van der Waals surface area contributed by atoms with Crippen LogP contribution in [0.2, 0.25) is 0 Å². The lowest BCUT2D eigenvalue weighted by atomic mass is 10.0. The lowest BCUT2D eigenvalue weighted by Gasteiger charge is -2.21. The zero-order chi connectivity index (χ0) is 12.4. The highest BCUT2D eigenvalue weighted by molar-refractivity contribution is 5.85. The number of nitrogens with zero attached hydrogens (tertiary/aromatic N) is 3. The summed E-state index contributed by atoms with van der Waals surface area (Å²) in [5.41, 5.74) is 7.72. The number of aryl methyl sites for hydroxylation is 1. The number of imidazole rings is 1. The van der Waals surface area contributed by atoms with E-state index in [4.69, 9.17) is 5.73 Å². The van der Waals surface area contributed by atoms with Crippen molar-refractivity contribution >= 4 is 16.9 Å². The maximum atomic E-state index is 5.75. The molecular weight excluding hydrogens is 214 g/mol. The largest absolute Gasteiger partial charge is 0.364 e. The van der Waals surface area contributed by atoms with Crippen LogP contribution in [0.3, 0.4) is 0 Å². The molecular formula is C12H19N5. The molecule has 2 rings (SSSR count). The summed E-state index contributed by atoms with van der Waals surface area (Å²) in [4.78, 5) is 8.71. The number of pyridine rings is 1. The van der Waals surface area contributed by atoms with Gasteiger partial charge in [0.25, 0.3) is 0 Å². The minimum atomic E-state index is 0.218. The van der Waals surface area contributed by atoms with E-state index in [-0.39, 0.29) is 6.04 Å². The Morgan fingerprint density at radius 2 is 2.18 bits per heavy atom. The van der Waals surface area contributed by atoms with Gasteiger partial charge in [-0.15, -0.1) is 0 Å². The van der Waals surface area contributed by atoms with E-state index in [1.54, 1.807) is 12.5 Å². The molecule has 0 saturated heterocycles. The number of rotatable bonds is 4. The van der Waals surface area contributed by atoms with Crippen LogP contribution in [0.5, 0.6) is 0 Å². The van der Waals surface area contributed by atoms with Crippen LogP contribution in [-0.2, 0) is 7.05 Å². The highest BCUT2D eigenvalue weighted by atomic mass is 15.1. The van der Waals surface area contributed by atoms with E-state index in [1.807, 2.05) is 17.7 Å². The first-order valence-electron chi connectivity index (χ1n) is 5.86. The van der Waals surface area contributed by atoms with Crippen molar-refractivity contribution in [1.82, 2.24) is 14.5 Å². The molecule has 0 saturated carbocycles. The second kappa shape index (κ2) is 4.71. The van der Waals surface area contributed by atoms with Gasteiger partial charge in [-0.05, 0) is 12.0 Å². The Kier molecular flexibility index (Phi) is 3.28. The first kappa shape index (κ1) is 11.9. The summed E-state index contributed by atoms with van der Waals surface area (Å²) in [5.74, 6) is 1.27. The highest BCUT2D eigenvalue weighted by Crippen LogP contribution is 2.20. The fourth-order valence-corrected chi connectivity index (χ4v) is 1.84. The maximum absolute atomic E-state index is 5.75. The minimum Gasteiger partial charge on any atom is -0.364 e. The Labute approximate surface area is 101 Å². The van der Waals surface area contributed by atoms with Crippen molar-refractivity contribution in [2.24, 2.45) is 18.7 Å². The molecule has 0 spiro atoms. The van der Waals surface area contributed by atoms with E-state index >= 15 is 0 Å². The monoisotopic (exact) mass is 233 g/mol. The predicted molar refractivity (Wildman–Crippen MR) is 69.8 cm³/mol. The standard InChI is InChI=1S/C12H19N5/c1-8(2)9(6-13)16-12-11-10(4-5-14-12)17(3)7-15-11/h4-5,7-9H,6,13H2,1-3H3,(H,14,16). The second-order valence-electron chi connectivity index (χ2n) is 4.61. The Morgan fingerprint density at radius 3 is 2.82 bits per heavy atom. The van der Waals surface area contributed by atoms with E-state index in [2.05, 4.69) is 29.1 Å². The molecule has 0 amide bonds. The molecule has 5 heteroatoms. The summed E-state index contributed by atoms with van der Waals surface area (Å²) in [6.45, 7) is 4.87. The van der Waals surface area contributed by atoms with Gasteiger partial charge in [0.15, 0.2) is 5.82 Å². The van der Waals surface area contributed by atoms with Gasteiger partial charge in [-0.3, -0.25) is 0 Å². The van der Waals surface area contributed by atoms with E-state index < -0.39 is 0 Å². The molecule has 0 aliphatic carbocycles. The Hall–Kier alpha value is -1.62. The second-order valence-corrected chi connectivity index (χ2v) is 4.61. The summed E-state index contributed by atoms with van der Waals surface area (Å²) in [6.07, 6.45) is 3.59. The SMILES string of the molecule is CC(C)C(CN)Nc1nccc2c1ncn2C. The molecule has 2 heterocycles. The molecule has 1 atom stereocenters. The first-order chi connectivity index (χ1) is 8.13. The van der Waals surface area contributed by atoms with Gasteiger partial charge < -0.3 is 15.6 Å². The quantitative estimate of drug-likeness (QED) is 0.836. The fourth-order valence-electron chi connectivity index (χ4n) is 1.84. The topological polar surface area (TPSA) is 68.8 Å². The Bertz CT molecular complexity index is 503. The summed E-state index contributed by atoms with van der Waals surface area (Å²) >= 11 is 0. The van der Waals surface area contributed by atoms with Gasteiger partial charge in [-0.2, -0.15) is 0 Å². The van der Waals surface area contributed by atoms with E-state index in [9.17, 15) is 0 Å². The zero-order valence-corrected chi connectivity index (χ0v) is 10.5. The predicted octanol–water partition coefficient (Wildman–Crippen LogP) is 1.36. The van der Waals surface area contributed by atoms with Crippen molar-refractivity contribution in [3.8, 4) is 0 Å². The van der Waals surface area contributed by atoms with Gasteiger partial charge in [0.1, 0.15) is 5.52 Å². The molecule has 0 aliphatic rings. The normalized spacial score (nSPS) is 13.2. The van der Waals surface area contributed by atoms with Crippen LogP contribution < -0.4 is 11.1 Å². The molecule has 92 valence electrons. The van der Waals surface area contributed by atoms with Gasteiger partial charge in [-0.1, -0.05) is 13.8 Å². The third-order valence-corrected chi connectivity index (χ3v) is 3.02. The average molecular weight is 233 g/mol. The van der Waals surface area contributed by atoms with Crippen molar-refractivity contribution in [3.05, 3.63) is 18.6 Å². The van der Waals surface area contributed by atoms with Gasteiger partial charge in [0.2, 0.25) is 0 Å². The van der Waals surface area contributed by atoms with E-state index in [1.165, 1.54) is 0 Å². The zero-order valence-electron chi connectivity index (χ0n) is 10.5. The molecule has 0 fully saturated rings. The van der Waals surface area contributed by atoms with Gasteiger partial charge in [0.05, 0.1) is 11.8 Å². The first-order valence-corrected chi connectivity index (χ1v) is 5.86. The minimum absolute atomic E-state index is 0.218. The highest BCUT2D eigenvalue weighted by Gasteiger charge is 2.14. The molecule has 0 radical (unpaired) electrons. The molecule has 5 nitrogen and oxygen atoms in total. The summed E-state index contributed by atoms with van der Waals surface area (Å²) in [5, 5.41) is 3.37. The van der Waals surface area contributed by atoms with Crippen molar-refractivity contribution in [2.45, 2.75) is 19.9 Å². The molecule has 3 N–H and O–H groups in total. The fraction of sp³-hybridized carbons (Fsp3) is 0.500. The van der Waals surface area contributed by atoms with E-state index in [0.717, 1.165) is 16.9 Å². The van der Waals surface area contributed by atoms with Crippen LogP contribution in [0.4, 0.5) is 5.82 Å². The number of anilines is 1. The van der Waals surface area contributed by atoms with Crippen LogP contribution in [0, 0.1) is 5.92 Å². The van der Waals surface area contributed by atoms with Crippen LogP contribution >= 0.6 is 0 Å². The lowest BCUT2D eigenvalue weighted by molar-refractivity contribution is 0.530. The van der Waals surface area contributed by atoms with Crippen molar-refractivity contribution in [2.75, 3.05) is 11.9 Å². The van der Waals surface area contributed by atoms with Crippen LogP contribution in [-0.4, -0.2) is 27.1 Å². The number of hydrogen-bond acceptors (Lipinski definition) is 4. The van der Waals surface area contributed by atoms with Crippen LogP contribution in [0.25, 0.3) is 11.0 Å². The number of nitrogens with one attached hydrogen (secondary N) is 1. The molecule has 0 bridgehead atoms. The molecule has 0 aromatic carbocycles. The number of hydrogen-bond donors (Lipinski definition) is 2. The molecule has 17 heavy (non-hydrogen) atoms. The molecule has 2 aromatic rings. The summed E-state index contributed by atoms with van der Waals surface area (Å²) in [6, 6.07) is 2.18. The van der Waals surface area contributed by atoms with Crippen molar-refractivity contribution in [1.29, 1.82) is 0 Å². The molecule has 0 aliphatic heterocycles.